The largest absolute Gasteiger partial charge is 0.474 e. The first-order chi connectivity index (χ1) is 13.0. The Balaban J connectivity index is 1.56. The molecule has 1 fully saturated rings. The number of nitrogens with zero attached hydrogens (tertiary/aromatic N) is 3. The Morgan fingerprint density at radius 2 is 2.07 bits per heavy atom. The number of likely N-dealkylation sites (tertiary alicyclic amines) is 1. The minimum Gasteiger partial charge on any atom is -0.474 e. The Morgan fingerprint density at radius 1 is 1.30 bits per heavy atom. The van der Waals surface area contributed by atoms with Gasteiger partial charge in [0.15, 0.2) is 0 Å². The molecule has 0 aliphatic carbocycles. The minimum atomic E-state index is -0.273. The summed E-state index contributed by atoms with van der Waals surface area (Å²) in [5, 5.41) is 0.367. The number of rotatable bonds is 5. The molecule has 6 nitrogen and oxygen atoms in total. The number of amides is 1. The molecule has 1 saturated heterocycles. The van der Waals surface area contributed by atoms with Crippen LogP contribution in [-0.2, 0) is 11.3 Å². The highest BCUT2D eigenvalue weighted by molar-refractivity contribution is 6.29. The average Bonchev–Trinajstić information content (AvgIpc) is 2.66. The van der Waals surface area contributed by atoms with E-state index in [1.165, 1.54) is 0 Å². The number of hydrogen-bond donors (Lipinski definition) is 0. The van der Waals surface area contributed by atoms with Crippen molar-refractivity contribution in [2.24, 2.45) is 0 Å². The normalized spacial score (nSPS) is 19.6. The molecule has 27 heavy (non-hydrogen) atoms. The van der Waals surface area contributed by atoms with Crippen LogP contribution in [0.25, 0.3) is 0 Å². The second-order valence-electron chi connectivity index (χ2n) is 6.64. The predicted molar refractivity (Wildman–Crippen MR) is 103 cm³/mol. The standard InChI is InChI=1S/C20H24ClN3O3/c1-3-16-11-17(27-19-12-18(21)22-14(2)23-19)9-10-24(16)20(25)26-13-15-7-5-4-6-8-15/h4-8,12,16-17H,3,9-11,13H2,1-2H3/t16-,17+/m1/s1. The molecule has 0 radical (unpaired) electrons. The third-order valence-corrected chi connectivity index (χ3v) is 4.84. The maximum absolute atomic E-state index is 12.5. The van der Waals surface area contributed by atoms with Gasteiger partial charge in [0.1, 0.15) is 23.7 Å². The van der Waals surface area contributed by atoms with Crippen LogP contribution in [0.3, 0.4) is 0 Å². The van der Waals surface area contributed by atoms with Crippen LogP contribution in [0, 0.1) is 6.92 Å². The summed E-state index contributed by atoms with van der Waals surface area (Å²) in [4.78, 5) is 22.6. The van der Waals surface area contributed by atoms with E-state index in [0.29, 0.717) is 23.4 Å². The Morgan fingerprint density at radius 3 is 2.78 bits per heavy atom. The maximum atomic E-state index is 12.5. The molecule has 0 bridgehead atoms. The van der Waals surface area contributed by atoms with Gasteiger partial charge in [0.05, 0.1) is 0 Å². The summed E-state index contributed by atoms with van der Waals surface area (Å²) in [5.41, 5.74) is 0.980. The lowest BCUT2D eigenvalue weighted by molar-refractivity contribution is 0.0324. The van der Waals surface area contributed by atoms with Crippen molar-refractivity contribution in [1.82, 2.24) is 14.9 Å². The molecule has 0 N–H and O–H groups in total. The Hall–Kier alpha value is -2.34. The number of piperidine rings is 1. The quantitative estimate of drug-likeness (QED) is 0.709. The van der Waals surface area contributed by atoms with Gasteiger partial charge in [-0.05, 0) is 18.9 Å². The van der Waals surface area contributed by atoms with E-state index < -0.39 is 0 Å². The van der Waals surface area contributed by atoms with Crippen LogP contribution in [0.1, 0.15) is 37.6 Å². The van der Waals surface area contributed by atoms with Crippen LogP contribution in [0.5, 0.6) is 5.88 Å². The van der Waals surface area contributed by atoms with Crippen molar-refractivity contribution in [3.8, 4) is 5.88 Å². The van der Waals surface area contributed by atoms with E-state index in [9.17, 15) is 4.79 Å². The van der Waals surface area contributed by atoms with Gasteiger partial charge in [0.25, 0.3) is 0 Å². The van der Waals surface area contributed by atoms with E-state index in [1.54, 1.807) is 17.9 Å². The van der Waals surface area contributed by atoms with Crippen molar-refractivity contribution in [1.29, 1.82) is 0 Å². The highest BCUT2D eigenvalue weighted by atomic mass is 35.5. The van der Waals surface area contributed by atoms with Gasteiger partial charge in [-0.15, -0.1) is 0 Å². The molecule has 2 heterocycles. The van der Waals surface area contributed by atoms with Crippen LogP contribution in [0.15, 0.2) is 36.4 Å². The van der Waals surface area contributed by atoms with Crippen LogP contribution in [0.2, 0.25) is 5.15 Å². The predicted octanol–water partition coefficient (Wildman–Crippen LogP) is 4.40. The lowest BCUT2D eigenvalue weighted by Gasteiger charge is -2.38. The van der Waals surface area contributed by atoms with Crippen molar-refractivity contribution in [3.05, 3.63) is 52.9 Å². The molecular formula is C20H24ClN3O3. The van der Waals surface area contributed by atoms with Crippen molar-refractivity contribution >= 4 is 17.7 Å². The van der Waals surface area contributed by atoms with E-state index in [1.807, 2.05) is 30.3 Å². The number of aryl methyl sites for hydroxylation is 1. The summed E-state index contributed by atoms with van der Waals surface area (Å²) in [6.07, 6.45) is 2.00. The van der Waals surface area contributed by atoms with Crippen molar-refractivity contribution in [3.63, 3.8) is 0 Å². The number of hydrogen-bond acceptors (Lipinski definition) is 5. The fourth-order valence-corrected chi connectivity index (χ4v) is 3.50. The molecule has 1 aromatic carbocycles. The van der Waals surface area contributed by atoms with E-state index in [2.05, 4.69) is 16.9 Å². The molecule has 1 aromatic heterocycles. The van der Waals surface area contributed by atoms with Crippen molar-refractivity contribution in [2.45, 2.75) is 51.9 Å². The molecule has 2 aromatic rings. The molecule has 3 rings (SSSR count). The van der Waals surface area contributed by atoms with Crippen LogP contribution in [-0.4, -0.2) is 39.7 Å². The average molecular weight is 390 g/mol. The van der Waals surface area contributed by atoms with Crippen LogP contribution >= 0.6 is 11.6 Å². The molecule has 0 unspecified atom stereocenters. The lowest BCUT2D eigenvalue weighted by atomic mass is 9.98. The van der Waals surface area contributed by atoms with Gasteiger partial charge in [0.2, 0.25) is 5.88 Å². The summed E-state index contributed by atoms with van der Waals surface area (Å²) in [6.45, 7) is 4.72. The number of aromatic nitrogens is 2. The van der Waals surface area contributed by atoms with Gasteiger partial charge in [-0.2, -0.15) is 4.98 Å². The molecule has 1 aliphatic heterocycles. The fraction of sp³-hybridized carbons (Fsp3) is 0.450. The third-order valence-electron chi connectivity index (χ3n) is 4.65. The second kappa shape index (κ2) is 9.04. The summed E-state index contributed by atoms with van der Waals surface area (Å²) < 4.78 is 11.5. The van der Waals surface area contributed by atoms with Gasteiger partial charge in [-0.3, -0.25) is 0 Å². The highest BCUT2D eigenvalue weighted by Crippen LogP contribution is 2.25. The summed E-state index contributed by atoms with van der Waals surface area (Å²) >= 11 is 5.97. The molecule has 7 heteroatoms. The van der Waals surface area contributed by atoms with E-state index in [0.717, 1.165) is 24.8 Å². The first kappa shape index (κ1) is 19.4. The van der Waals surface area contributed by atoms with Gasteiger partial charge in [-0.25, -0.2) is 9.78 Å². The SMILES string of the molecule is CC[C@@H]1C[C@@H](Oc2cc(Cl)nc(C)n2)CCN1C(=O)OCc1ccccc1. The molecule has 1 aliphatic rings. The van der Waals surface area contributed by atoms with Gasteiger partial charge in [-0.1, -0.05) is 48.9 Å². The lowest BCUT2D eigenvalue weighted by Crippen LogP contribution is -2.48. The molecular weight excluding hydrogens is 366 g/mol. The van der Waals surface area contributed by atoms with Crippen LogP contribution in [0.4, 0.5) is 4.79 Å². The summed E-state index contributed by atoms with van der Waals surface area (Å²) in [7, 11) is 0. The fourth-order valence-electron chi connectivity index (χ4n) is 3.29. The van der Waals surface area contributed by atoms with Crippen molar-refractivity contribution in [2.75, 3.05) is 6.54 Å². The third kappa shape index (κ3) is 5.32. The van der Waals surface area contributed by atoms with E-state index >= 15 is 0 Å². The molecule has 1 amide bonds. The second-order valence-corrected chi connectivity index (χ2v) is 7.02. The van der Waals surface area contributed by atoms with Gasteiger partial charge < -0.3 is 14.4 Å². The molecule has 144 valence electrons. The number of halogens is 1. The zero-order valence-electron chi connectivity index (χ0n) is 15.6. The topological polar surface area (TPSA) is 64.6 Å². The van der Waals surface area contributed by atoms with Crippen molar-refractivity contribution < 1.29 is 14.3 Å². The summed E-state index contributed by atoms with van der Waals surface area (Å²) in [6, 6.07) is 11.4. The molecule has 2 atom stereocenters. The highest BCUT2D eigenvalue weighted by Gasteiger charge is 2.32. The monoisotopic (exact) mass is 389 g/mol. The number of ether oxygens (including phenoxy) is 2. The molecule has 0 spiro atoms. The minimum absolute atomic E-state index is 0.0153. The first-order valence-corrected chi connectivity index (χ1v) is 9.58. The maximum Gasteiger partial charge on any atom is 0.410 e. The number of carbonyl (C=O) groups is 1. The van der Waals surface area contributed by atoms with E-state index in [4.69, 9.17) is 21.1 Å². The number of benzene rings is 1. The number of carbonyl (C=O) groups excluding carboxylic acids is 1. The molecule has 0 saturated carbocycles. The first-order valence-electron chi connectivity index (χ1n) is 9.20. The van der Waals surface area contributed by atoms with Gasteiger partial charge >= 0.3 is 6.09 Å². The Bertz CT molecular complexity index is 752. The van der Waals surface area contributed by atoms with E-state index in [-0.39, 0.29) is 24.8 Å². The zero-order valence-corrected chi connectivity index (χ0v) is 16.4. The smallest absolute Gasteiger partial charge is 0.410 e. The zero-order chi connectivity index (χ0) is 19.2. The Labute approximate surface area is 164 Å². The van der Waals surface area contributed by atoms with Crippen LogP contribution < -0.4 is 4.74 Å². The summed E-state index contributed by atoms with van der Waals surface area (Å²) in [5.74, 6) is 1.05. The van der Waals surface area contributed by atoms with Gasteiger partial charge in [0, 0.05) is 31.5 Å². The Kier molecular flexibility index (Phi) is 6.50.